The average molecular weight is 421 g/mol. The molecule has 2 heterocycles. The van der Waals surface area contributed by atoms with E-state index in [1.54, 1.807) is 41.0 Å². The van der Waals surface area contributed by atoms with Gasteiger partial charge in [0.1, 0.15) is 5.82 Å². The van der Waals surface area contributed by atoms with E-state index in [9.17, 15) is 14.0 Å². The summed E-state index contributed by atoms with van der Waals surface area (Å²) >= 11 is 0. The van der Waals surface area contributed by atoms with Crippen LogP contribution in [0.2, 0.25) is 0 Å². The summed E-state index contributed by atoms with van der Waals surface area (Å²) in [5.41, 5.74) is 1.52. The summed E-state index contributed by atoms with van der Waals surface area (Å²) in [6.45, 7) is 0.0575. The SMILES string of the molecule is COc1ncc(-c2ccc(Cn3cc(OC(=O)O)c(=O)c4ccccc43)c(F)c2)cn1. The number of hydrogen-bond acceptors (Lipinski definition) is 6. The third-order valence-corrected chi connectivity index (χ3v) is 4.69. The van der Waals surface area contributed by atoms with E-state index in [1.807, 2.05) is 0 Å². The molecule has 0 radical (unpaired) electrons. The Kier molecular flexibility index (Phi) is 5.31. The number of ether oxygens (including phenoxy) is 2. The highest BCUT2D eigenvalue weighted by atomic mass is 19.1. The summed E-state index contributed by atoms with van der Waals surface area (Å²) < 4.78 is 26.0. The van der Waals surface area contributed by atoms with Gasteiger partial charge in [-0.3, -0.25) is 4.79 Å². The largest absolute Gasteiger partial charge is 0.511 e. The molecule has 0 saturated heterocycles. The molecule has 8 nitrogen and oxygen atoms in total. The lowest BCUT2D eigenvalue weighted by molar-refractivity contribution is 0.144. The number of nitrogens with zero attached hydrogens (tertiary/aromatic N) is 3. The Hall–Kier alpha value is -4.27. The minimum atomic E-state index is -1.60. The maximum absolute atomic E-state index is 14.9. The lowest BCUT2D eigenvalue weighted by atomic mass is 10.1. The van der Waals surface area contributed by atoms with Crippen LogP contribution in [0, 0.1) is 5.82 Å². The number of carbonyl (C=O) groups is 1. The molecule has 0 aliphatic carbocycles. The van der Waals surface area contributed by atoms with Crippen molar-refractivity contribution in [1.29, 1.82) is 0 Å². The first kappa shape index (κ1) is 20.0. The molecule has 1 N–H and O–H groups in total. The molecule has 0 unspecified atom stereocenters. The molecular formula is C22H16FN3O5. The third-order valence-electron chi connectivity index (χ3n) is 4.69. The fraction of sp³-hybridized carbons (Fsp3) is 0.0909. The van der Waals surface area contributed by atoms with Crippen LogP contribution >= 0.6 is 0 Å². The second kappa shape index (κ2) is 8.23. The van der Waals surface area contributed by atoms with Crippen molar-refractivity contribution in [2.45, 2.75) is 6.54 Å². The Labute approximate surface area is 175 Å². The Morgan fingerprint density at radius 3 is 2.55 bits per heavy atom. The normalized spacial score (nSPS) is 10.8. The van der Waals surface area contributed by atoms with Crippen LogP contribution in [-0.4, -0.2) is 32.9 Å². The monoisotopic (exact) mass is 421 g/mol. The van der Waals surface area contributed by atoms with Crippen LogP contribution in [0.15, 0.2) is 65.8 Å². The van der Waals surface area contributed by atoms with Crippen LogP contribution in [-0.2, 0) is 6.54 Å². The summed E-state index contributed by atoms with van der Waals surface area (Å²) in [6.07, 6.45) is 2.73. The van der Waals surface area contributed by atoms with Crippen molar-refractivity contribution in [3.05, 3.63) is 82.7 Å². The van der Waals surface area contributed by atoms with Gasteiger partial charge in [0.2, 0.25) is 5.43 Å². The van der Waals surface area contributed by atoms with Crippen LogP contribution in [0.4, 0.5) is 9.18 Å². The summed E-state index contributed by atoms with van der Waals surface area (Å²) in [4.78, 5) is 31.5. The zero-order chi connectivity index (χ0) is 22.0. The molecule has 2 aromatic carbocycles. The van der Waals surface area contributed by atoms with Gasteiger partial charge in [0.05, 0.1) is 25.4 Å². The first-order valence-corrected chi connectivity index (χ1v) is 9.14. The van der Waals surface area contributed by atoms with Gasteiger partial charge in [0.15, 0.2) is 5.75 Å². The molecule has 0 saturated carbocycles. The molecule has 0 spiro atoms. The number of benzene rings is 2. The minimum Gasteiger partial charge on any atom is -0.467 e. The quantitative estimate of drug-likeness (QED) is 0.490. The Morgan fingerprint density at radius 2 is 1.87 bits per heavy atom. The molecule has 156 valence electrons. The van der Waals surface area contributed by atoms with Gasteiger partial charge >= 0.3 is 12.2 Å². The van der Waals surface area contributed by atoms with E-state index in [4.69, 9.17) is 9.84 Å². The van der Waals surface area contributed by atoms with Crippen LogP contribution < -0.4 is 14.9 Å². The van der Waals surface area contributed by atoms with E-state index in [2.05, 4.69) is 14.7 Å². The van der Waals surface area contributed by atoms with Gasteiger partial charge in [-0.05, 0) is 23.8 Å². The second-order valence-electron chi connectivity index (χ2n) is 6.60. The molecule has 9 heteroatoms. The second-order valence-corrected chi connectivity index (χ2v) is 6.60. The van der Waals surface area contributed by atoms with Crippen molar-refractivity contribution in [3.63, 3.8) is 0 Å². The highest BCUT2D eigenvalue weighted by Crippen LogP contribution is 2.24. The number of halogens is 1. The highest BCUT2D eigenvalue weighted by Gasteiger charge is 2.14. The number of para-hydroxylation sites is 1. The van der Waals surface area contributed by atoms with Crippen molar-refractivity contribution in [2.75, 3.05) is 7.11 Å². The molecule has 2 aromatic heterocycles. The van der Waals surface area contributed by atoms with E-state index in [0.29, 0.717) is 22.2 Å². The number of pyridine rings is 1. The van der Waals surface area contributed by atoms with Crippen LogP contribution in [0.25, 0.3) is 22.0 Å². The highest BCUT2D eigenvalue weighted by molar-refractivity contribution is 5.81. The predicted octanol–water partition coefficient (Wildman–Crippen LogP) is 3.71. The van der Waals surface area contributed by atoms with Gasteiger partial charge in [0.25, 0.3) is 0 Å². The lowest BCUT2D eigenvalue weighted by Gasteiger charge is -2.14. The van der Waals surface area contributed by atoms with E-state index >= 15 is 0 Å². The number of carboxylic acid groups (broad SMARTS) is 1. The summed E-state index contributed by atoms with van der Waals surface area (Å²) in [5.74, 6) is -0.824. The van der Waals surface area contributed by atoms with Crippen molar-refractivity contribution in [2.24, 2.45) is 0 Å². The Bertz CT molecular complexity index is 1340. The molecule has 0 bridgehead atoms. The maximum atomic E-state index is 14.9. The standard InChI is InChI=1S/C22H16FN3O5/c1-30-21-24-9-15(10-25-21)13-6-7-14(17(23)8-13)11-26-12-19(31-22(28)29)20(27)16-4-2-3-5-18(16)26/h2-10,12H,11H2,1H3,(H,28,29). The first-order chi connectivity index (χ1) is 15.0. The zero-order valence-corrected chi connectivity index (χ0v) is 16.3. The molecule has 0 aliphatic heterocycles. The minimum absolute atomic E-state index is 0.0575. The summed E-state index contributed by atoms with van der Waals surface area (Å²) in [5, 5.41) is 9.18. The van der Waals surface area contributed by atoms with Gasteiger partial charge in [-0.15, -0.1) is 0 Å². The van der Waals surface area contributed by atoms with Gasteiger partial charge < -0.3 is 19.1 Å². The van der Waals surface area contributed by atoms with Crippen molar-refractivity contribution < 1.29 is 23.8 Å². The number of rotatable bonds is 5. The number of fused-ring (bicyclic) bond motifs is 1. The Morgan fingerprint density at radius 1 is 1.13 bits per heavy atom. The van der Waals surface area contributed by atoms with Crippen molar-refractivity contribution in [1.82, 2.24) is 14.5 Å². The fourth-order valence-corrected chi connectivity index (χ4v) is 3.23. The van der Waals surface area contributed by atoms with Crippen molar-refractivity contribution >= 4 is 17.1 Å². The smallest absolute Gasteiger partial charge is 0.467 e. The van der Waals surface area contributed by atoms with Gasteiger partial charge in [-0.25, -0.2) is 19.2 Å². The van der Waals surface area contributed by atoms with Gasteiger partial charge in [-0.1, -0.05) is 24.3 Å². The van der Waals surface area contributed by atoms with Crippen molar-refractivity contribution in [3.8, 4) is 22.9 Å². The third kappa shape index (κ3) is 4.06. The molecule has 0 atom stereocenters. The first-order valence-electron chi connectivity index (χ1n) is 9.14. The molecule has 31 heavy (non-hydrogen) atoms. The number of methoxy groups -OCH3 is 1. The molecule has 0 amide bonds. The average Bonchev–Trinajstić information content (AvgIpc) is 2.78. The van der Waals surface area contributed by atoms with Gasteiger partial charge in [-0.2, -0.15) is 0 Å². The molecule has 0 fully saturated rings. The lowest BCUT2D eigenvalue weighted by Crippen LogP contribution is -2.16. The molecule has 4 rings (SSSR count). The van der Waals surface area contributed by atoms with Crippen LogP contribution in [0.3, 0.4) is 0 Å². The van der Waals surface area contributed by atoms with E-state index in [1.165, 1.54) is 31.8 Å². The topological polar surface area (TPSA) is 104 Å². The van der Waals surface area contributed by atoms with Gasteiger partial charge in [0, 0.05) is 28.9 Å². The van der Waals surface area contributed by atoms with E-state index in [0.717, 1.165) is 0 Å². The van der Waals surface area contributed by atoms with Crippen LogP contribution in [0.1, 0.15) is 5.56 Å². The van der Waals surface area contributed by atoms with E-state index < -0.39 is 17.4 Å². The Balaban J connectivity index is 1.72. The number of aromatic nitrogens is 3. The predicted molar refractivity (Wildman–Crippen MR) is 110 cm³/mol. The summed E-state index contributed by atoms with van der Waals surface area (Å²) in [6, 6.07) is 11.6. The van der Waals surface area contributed by atoms with E-state index in [-0.39, 0.29) is 23.7 Å². The maximum Gasteiger partial charge on any atom is 0.511 e. The molecule has 4 aromatic rings. The molecule has 0 aliphatic rings. The van der Waals surface area contributed by atoms with Crippen LogP contribution in [0.5, 0.6) is 11.8 Å². The number of hydrogen-bond donors (Lipinski definition) is 1. The molecular weight excluding hydrogens is 405 g/mol. The fourth-order valence-electron chi connectivity index (χ4n) is 3.23. The zero-order valence-electron chi connectivity index (χ0n) is 16.3. The summed E-state index contributed by atoms with van der Waals surface area (Å²) in [7, 11) is 1.46.